The van der Waals surface area contributed by atoms with E-state index in [4.69, 9.17) is 9.47 Å². The minimum absolute atomic E-state index is 0.0586. The van der Waals surface area contributed by atoms with Crippen molar-refractivity contribution in [3.8, 4) is 11.5 Å². The van der Waals surface area contributed by atoms with Gasteiger partial charge in [-0.3, -0.25) is 4.79 Å². The van der Waals surface area contributed by atoms with Crippen molar-refractivity contribution in [3.63, 3.8) is 0 Å². The van der Waals surface area contributed by atoms with Crippen LogP contribution in [0.5, 0.6) is 11.5 Å². The van der Waals surface area contributed by atoms with E-state index >= 15 is 0 Å². The number of rotatable bonds is 9. The standard InChI is InChI=1S/C20H26N2O3/c1-22(17-7-5-4-6-8-17)14-12-20(23)21-13-11-16-9-10-18(24-2)19(15-16)25-3/h4-10,15H,11-14H2,1-3H3,(H,21,23). The molecule has 25 heavy (non-hydrogen) atoms. The van der Waals surface area contributed by atoms with Gasteiger partial charge >= 0.3 is 0 Å². The molecule has 0 fully saturated rings. The maximum absolute atomic E-state index is 12.0. The summed E-state index contributed by atoms with van der Waals surface area (Å²) in [7, 11) is 5.23. The molecule has 0 atom stereocenters. The second kappa shape index (κ2) is 9.57. The Morgan fingerprint density at radius 1 is 1.04 bits per heavy atom. The highest BCUT2D eigenvalue weighted by Crippen LogP contribution is 2.27. The van der Waals surface area contributed by atoms with E-state index in [9.17, 15) is 4.79 Å². The Balaban J connectivity index is 1.73. The molecule has 1 N–H and O–H groups in total. The van der Waals surface area contributed by atoms with Crippen LogP contribution in [-0.4, -0.2) is 40.3 Å². The molecular weight excluding hydrogens is 316 g/mol. The third-order valence-corrected chi connectivity index (χ3v) is 4.06. The minimum Gasteiger partial charge on any atom is -0.493 e. The zero-order chi connectivity index (χ0) is 18.1. The second-order valence-electron chi connectivity index (χ2n) is 5.80. The summed E-state index contributed by atoms with van der Waals surface area (Å²) < 4.78 is 10.5. The van der Waals surface area contributed by atoms with Gasteiger partial charge in [-0.1, -0.05) is 24.3 Å². The third-order valence-electron chi connectivity index (χ3n) is 4.06. The molecule has 0 aliphatic rings. The number of anilines is 1. The van der Waals surface area contributed by atoms with Gasteiger partial charge in [0, 0.05) is 32.2 Å². The van der Waals surface area contributed by atoms with Gasteiger partial charge in [-0.15, -0.1) is 0 Å². The molecule has 0 aromatic heterocycles. The molecule has 2 rings (SSSR count). The van der Waals surface area contributed by atoms with Crippen molar-refractivity contribution >= 4 is 11.6 Å². The number of ether oxygens (including phenoxy) is 2. The van der Waals surface area contributed by atoms with Crippen LogP contribution in [0.4, 0.5) is 5.69 Å². The lowest BCUT2D eigenvalue weighted by atomic mass is 10.1. The molecule has 0 saturated carbocycles. The molecule has 2 aromatic carbocycles. The average Bonchev–Trinajstić information content (AvgIpc) is 2.66. The molecule has 0 spiro atoms. The van der Waals surface area contributed by atoms with Crippen molar-refractivity contribution in [2.24, 2.45) is 0 Å². The molecule has 0 aliphatic heterocycles. The lowest BCUT2D eigenvalue weighted by molar-refractivity contribution is -0.120. The number of carbonyl (C=O) groups is 1. The smallest absolute Gasteiger partial charge is 0.221 e. The van der Waals surface area contributed by atoms with E-state index in [1.54, 1.807) is 14.2 Å². The quantitative estimate of drug-likeness (QED) is 0.761. The van der Waals surface area contributed by atoms with Crippen molar-refractivity contribution in [3.05, 3.63) is 54.1 Å². The Kier molecular flexibility index (Phi) is 7.14. The van der Waals surface area contributed by atoms with E-state index in [2.05, 4.69) is 10.2 Å². The monoisotopic (exact) mass is 342 g/mol. The molecular formula is C20H26N2O3. The molecule has 5 heteroatoms. The maximum atomic E-state index is 12.0. The van der Waals surface area contributed by atoms with Gasteiger partial charge in [-0.25, -0.2) is 0 Å². The van der Waals surface area contributed by atoms with Gasteiger partial charge in [0.05, 0.1) is 14.2 Å². The number of nitrogens with one attached hydrogen (secondary N) is 1. The molecule has 0 saturated heterocycles. The van der Waals surface area contributed by atoms with Crippen molar-refractivity contribution in [2.45, 2.75) is 12.8 Å². The number of para-hydroxylation sites is 1. The summed E-state index contributed by atoms with van der Waals surface area (Å²) in [6.45, 7) is 1.29. The zero-order valence-corrected chi connectivity index (χ0v) is 15.1. The summed E-state index contributed by atoms with van der Waals surface area (Å²) in [5.41, 5.74) is 2.21. The fraction of sp³-hybridized carbons (Fsp3) is 0.350. The number of hydrogen-bond acceptors (Lipinski definition) is 4. The van der Waals surface area contributed by atoms with E-state index in [-0.39, 0.29) is 5.91 Å². The molecule has 1 amide bonds. The van der Waals surface area contributed by atoms with Crippen molar-refractivity contribution in [1.29, 1.82) is 0 Å². The van der Waals surface area contributed by atoms with Crippen molar-refractivity contribution < 1.29 is 14.3 Å². The van der Waals surface area contributed by atoms with Crippen LogP contribution in [0.3, 0.4) is 0 Å². The van der Waals surface area contributed by atoms with E-state index in [1.807, 2.05) is 55.6 Å². The Hall–Kier alpha value is -2.69. The third kappa shape index (κ3) is 5.71. The number of amides is 1. The van der Waals surface area contributed by atoms with Gasteiger partial charge < -0.3 is 19.7 Å². The number of benzene rings is 2. The fourth-order valence-electron chi connectivity index (χ4n) is 2.55. The summed E-state index contributed by atoms with van der Waals surface area (Å²) >= 11 is 0. The maximum Gasteiger partial charge on any atom is 0.221 e. The van der Waals surface area contributed by atoms with Gasteiger partial charge in [-0.05, 0) is 36.2 Å². The second-order valence-corrected chi connectivity index (χ2v) is 5.80. The molecule has 0 radical (unpaired) electrons. The van der Waals surface area contributed by atoms with Gasteiger partial charge in [0.25, 0.3) is 0 Å². The van der Waals surface area contributed by atoms with Crippen LogP contribution in [0, 0.1) is 0 Å². The first-order valence-corrected chi connectivity index (χ1v) is 8.38. The van der Waals surface area contributed by atoms with Crippen LogP contribution in [0.25, 0.3) is 0 Å². The SMILES string of the molecule is COc1ccc(CCNC(=O)CCN(C)c2ccccc2)cc1OC. The summed E-state index contributed by atoms with van der Waals surface area (Å²) in [4.78, 5) is 14.1. The number of methoxy groups -OCH3 is 2. The Labute approximate surface area is 149 Å². The van der Waals surface area contributed by atoms with Gasteiger partial charge in [0.1, 0.15) is 0 Å². The Morgan fingerprint density at radius 2 is 1.76 bits per heavy atom. The van der Waals surface area contributed by atoms with E-state index in [0.717, 1.165) is 17.7 Å². The lowest BCUT2D eigenvalue weighted by Gasteiger charge is -2.18. The van der Waals surface area contributed by atoms with Gasteiger partial charge in [0.2, 0.25) is 5.91 Å². The molecule has 2 aromatic rings. The molecule has 0 aliphatic carbocycles. The highest BCUT2D eigenvalue weighted by atomic mass is 16.5. The Morgan fingerprint density at radius 3 is 2.44 bits per heavy atom. The normalized spacial score (nSPS) is 10.2. The first-order valence-electron chi connectivity index (χ1n) is 8.38. The van der Waals surface area contributed by atoms with Crippen LogP contribution in [0.2, 0.25) is 0 Å². The number of nitrogens with zero attached hydrogens (tertiary/aromatic N) is 1. The summed E-state index contributed by atoms with van der Waals surface area (Å²) in [6.07, 6.45) is 1.22. The van der Waals surface area contributed by atoms with Crippen molar-refractivity contribution in [1.82, 2.24) is 5.32 Å². The summed E-state index contributed by atoms with van der Waals surface area (Å²) in [5.74, 6) is 1.47. The first-order chi connectivity index (χ1) is 12.1. The highest BCUT2D eigenvalue weighted by molar-refractivity contribution is 5.76. The van der Waals surface area contributed by atoms with E-state index in [1.165, 1.54) is 0 Å². The topological polar surface area (TPSA) is 50.8 Å². The van der Waals surface area contributed by atoms with Crippen molar-refractivity contribution in [2.75, 3.05) is 39.3 Å². The van der Waals surface area contributed by atoms with E-state index < -0.39 is 0 Å². The van der Waals surface area contributed by atoms with Crippen LogP contribution < -0.4 is 19.7 Å². The van der Waals surface area contributed by atoms with Crippen LogP contribution >= 0.6 is 0 Å². The molecule has 5 nitrogen and oxygen atoms in total. The van der Waals surface area contributed by atoms with Crippen LogP contribution in [0.15, 0.2) is 48.5 Å². The van der Waals surface area contributed by atoms with Crippen LogP contribution in [0.1, 0.15) is 12.0 Å². The molecule has 0 bridgehead atoms. The predicted molar refractivity (Wildman–Crippen MR) is 101 cm³/mol. The number of hydrogen-bond donors (Lipinski definition) is 1. The summed E-state index contributed by atoms with van der Waals surface area (Å²) in [6, 6.07) is 15.8. The largest absolute Gasteiger partial charge is 0.493 e. The zero-order valence-electron chi connectivity index (χ0n) is 15.1. The minimum atomic E-state index is 0.0586. The Bertz CT molecular complexity index is 674. The fourth-order valence-corrected chi connectivity index (χ4v) is 2.55. The van der Waals surface area contributed by atoms with Gasteiger partial charge in [-0.2, -0.15) is 0 Å². The number of carbonyl (C=O) groups excluding carboxylic acids is 1. The highest BCUT2D eigenvalue weighted by Gasteiger charge is 2.07. The molecule has 0 unspecified atom stereocenters. The molecule has 0 heterocycles. The predicted octanol–water partition coefficient (Wildman–Crippen LogP) is 2.89. The lowest BCUT2D eigenvalue weighted by Crippen LogP contribution is -2.30. The van der Waals surface area contributed by atoms with Crippen LogP contribution in [-0.2, 0) is 11.2 Å². The molecule has 134 valence electrons. The summed E-state index contributed by atoms with van der Waals surface area (Å²) in [5, 5.41) is 2.97. The van der Waals surface area contributed by atoms with E-state index in [0.29, 0.717) is 31.0 Å². The van der Waals surface area contributed by atoms with Gasteiger partial charge in [0.15, 0.2) is 11.5 Å². The first kappa shape index (κ1) is 18.6. The average molecular weight is 342 g/mol.